The van der Waals surface area contributed by atoms with Gasteiger partial charge in [0.25, 0.3) is 5.91 Å². The van der Waals surface area contributed by atoms with Crippen molar-refractivity contribution >= 4 is 39.8 Å². The summed E-state index contributed by atoms with van der Waals surface area (Å²) in [7, 11) is 0. The Morgan fingerprint density at radius 3 is 2.84 bits per heavy atom. The van der Waals surface area contributed by atoms with Crippen molar-refractivity contribution in [2.24, 2.45) is 0 Å². The van der Waals surface area contributed by atoms with E-state index in [9.17, 15) is 9.59 Å². The molecule has 1 N–H and O–H groups in total. The number of hydrogen-bond donors (Lipinski definition) is 1. The van der Waals surface area contributed by atoms with Crippen LogP contribution in [0.3, 0.4) is 0 Å². The van der Waals surface area contributed by atoms with Crippen molar-refractivity contribution in [2.45, 2.75) is 26.2 Å². The number of rotatable bonds is 6. The molecule has 1 aliphatic carbocycles. The van der Waals surface area contributed by atoms with Gasteiger partial charge in [0.05, 0.1) is 17.2 Å². The fourth-order valence-corrected chi connectivity index (χ4v) is 4.26. The van der Waals surface area contributed by atoms with Gasteiger partial charge in [0, 0.05) is 4.88 Å². The number of esters is 1. The van der Waals surface area contributed by atoms with Gasteiger partial charge in [-0.2, -0.15) is 0 Å². The van der Waals surface area contributed by atoms with Crippen LogP contribution in [0.25, 0.3) is 0 Å². The lowest BCUT2D eigenvalue weighted by molar-refractivity contribution is -0.118. The van der Waals surface area contributed by atoms with Gasteiger partial charge in [-0.15, -0.1) is 11.3 Å². The van der Waals surface area contributed by atoms with Crippen LogP contribution in [-0.4, -0.2) is 25.1 Å². The van der Waals surface area contributed by atoms with E-state index in [1.807, 2.05) is 0 Å². The van der Waals surface area contributed by atoms with E-state index in [4.69, 9.17) is 21.1 Å². The maximum Gasteiger partial charge on any atom is 0.341 e. The zero-order valence-electron chi connectivity index (χ0n) is 13.8. The average Bonchev–Trinajstić information content (AvgIpc) is 3.14. The van der Waals surface area contributed by atoms with Gasteiger partial charge in [-0.1, -0.05) is 23.7 Å². The Bertz CT molecular complexity index is 802. The third-order valence-electron chi connectivity index (χ3n) is 3.85. The van der Waals surface area contributed by atoms with Crippen LogP contribution in [0.1, 0.15) is 34.1 Å². The molecule has 7 heteroatoms. The first kappa shape index (κ1) is 17.8. The Kier molecular flexibility index (Phi) is 5.60. The molecule has 1 amide bonds. The summed E-state index contributed by atoms with van der Waals surface area (Å²) in [5, 5.41) is 3.76. The molecule has 1 aromatic heterocycles. The molecule has 0 bridgehead atoms. The Morgan fingerprint density at radius 2 is 2.08 bits per heavy atom. The summed E-state index contributed by atoms with van der Waals surface area (Å²) in [5.41, 5.74) is 1.50. The minimum atomic E-state index is -0.385. The predicted molar refractivity (Wildman–Crippen MR) is 97.9 cm³/mol. The van der Waals surface area contributed by atoms with Crippen molar-refractivity contribution in [1.82, 2.24) is 0 Å². The standard InChI is InChI=1S/C18H18ClNO4S/c1-2-23-18(22)16-11-6-5-9-14(11)25-17(16)20-15(21)10-24-13-8-4-3-7-12(13)19/h3-4,7-8H,2,5-6,9-10H2,1H3,(H,20,21). The van der Waals surface area contributed by atoms with Gasteiger partial charge >= 0.3 is 5.97 Å². The minimum absolute atomic E-state index is 0.186. The topological polar surface area (TPSA) is 64.6 Å². The first-order chi connectivity index (χ1) is 12.1. The quantitative estimate of drug-likeness (QED) is 0.768. The van der Waals surface area contributed by atoms with Crippen LogP contribution in [0.4, 0.5) is 5.00 Å². The molecule has 0 atom stereocenters. The minimum Gasteiger partial charge on any atom is -0.482 e. The van der Waals surface area contributed by atoms with E-state index in [0.29, 0.717) is 27.9 Å². The second-order valence-corrected chi connectivity index (χ2v) is 7.06. The Labute approximate surface area is 154 Å². The fourth-order valence-electron chi connectivity index (χ4n) is 2.78. The number of hydrogen-bond acceptors (Lipinski definition) is 5. The largest absolute Gasteiger partial charge is 0.482 e. The molecule has 2 aromatic rings. The lowest BCUT2D eigenvalue weighted by atomic mass is 10.1. The number of carbonyl (C=O) groups excluding carboxylic acids is 2. The molecule has 0 saturated heterocycles. The van der Waals surface area contributed by atoms with Crippen LogP contribution in [0.15, 0.2) is 24.3 Å². The van der Waals surface area contributed by atoms with Gasteiger partial charge < -0.3 is 14.8 Å². The van der Waals surface area contributed by atoms with Crippen LogP contribution < -0.4 is 10.1 Å². The van der Waals surface area contributed by atoms with E-state index in [0.717, 1.165) is 29.7 Å². The van der Waals surface area contributed by atoms with Gasteiger partial charge in [0.15, 0.2) is 6.61 Å². The van der Waals surface area contributed by atoms with E-state index >= 15 is 0 Å². The van der Waals surface area contributed by atoms with Crippen molar-refractivity contribution < 1.29 is 19.1 Å². The Hall–Kier alpha value is -2.05. The Morgan fingerprint density at radius 1 is 1.28 bits per heavy atom. The predicted octanol–water partition coefficient (Wildman–Crippen LogP) is 4.08. The van der Waals surface area contributed by atoms with Crippen molar-refractivity contribution in [3.05, 3.63) is 45.3 Å². The van der Waals surface area contributed by atoms with Crippen molar-refractivity contribution in [1.29, 1.82) is 0 Å². The first-order valence-corrected chi connectivity index (χ1v) is 9.28. The van der Waals surface area contributed by atoms with Gasteiger partial charge in [-0.25, -0.2) is 4.79 Å². The maximum atomic E-state index is 12.3. The number of para-hydroxylation sites is 1. The third-order valence-corrected chi connectivity index (χ3v) is 5.37. The summed E-state index contributed by atoms with van der Waals surface area (Å²) >= 11 is 7.45. The molecule has 1 aliphatic rings. The van der Waals surface area contributed by atoms with Gasteiger partial charge in [0.1, 0.15) is 10.8 Å². The molecule has 0 unspecified atom stereocenters. The molecule has 0 radical (unpaired) electrons. The highest BCUT2D eigenvalue weighted by Gasteiger charge is 2.28. The van der Waals surface area contributed by atoms with Crippen LogP contribution in [0.5, 0.6) is 5.75 Å². The maximum absolute atomic E-state index is 12.3. The second kappa shape index (κ2) is 7.89. The number of anilines is 1. The van der Waals surface area contributed by atoms with E-state index in [2.05, 4.69) is 5.32 Å². The van der Waals surface area contributed by atoms with E-state index in [1.165, 1.54) is 11.3 Å². The number of nitrogens with one attached hydrogen (secondary N) is 1. The molecule has 1 heterocycles. The van der Waals surface area contributed by atoms with Crippen molar-refractivity contribution in [3.63, 3.8) is 0 Å². The normalized spacial score (nSPS) is 12.6. The molecule has 0 saturated carbocycles. The van der Waals surface area contributed by atoms with Crippen LogP contribution in [0.2, 0.25) is 5.02 Å². The number of ether oxygens (including phenoxy) is 2. The number of thiophene rings is 1. The van der Waals surface area contributed by atoms with Crippen LogP contribution >= 0.6 is 22.9 Å². The van der Waals surface area contributed by atoms with Crippen LogP contribution in [0, 0.1) is 0 Å². The number of halogens is 1. The summed E-state index contributed by atoms with van der Waals surface area (Å²) in [6.45, 7) is 1.88. The molecule has 3 rings (SSSR count). The molecule has 1 aromatic carbocycles. The SMILES string of the molecule is CCOC(=O)c1c(NC(=O)COc2ccccc2Cl)sc2c1CCC2. The molecule has 0 spiro atoms. The van der Waals surface area contributed by atoms with E-state index in [-0.39, 0.29) is 18.5 Å². The monoisotopic (exact) mass is 379 g/mol. The molecule has 5 nitrogen and oxygen atoms in total. The highest BCUT2D eigenvalue weighted by atomic mass is 35.5. The molecule has 0 aliphatic heterocycles. The fraction of sp³-hybridized carbons (Fsp3) is 0.333. The summed E-state index contributed by atoms with van der Waals surface area (Å²) < 4.78 is 10.6. The van der Waals surface area contributed by atoms with Gasteiger partial charge in [-0.3, -0.25) is 4.79 Å². The summed E-state index contributed by atoms with van der Waals surface area (Å²) in [6.07, 6.45) is 2.79. The number of amides is 1. The summed E-state index contributed by atoms with van der Waals surface area (Å²) in [6, 6.07) is 6.95. The lowest BCUT2D eigenvalue weighted by Crippen LogP contribution is -2.21. The number of benzene rings is 1. The first-order valence-electron chi connectivity index (χ1n) is 8.09. The highest BCUT2D eigenvalue weighted by Crippen LogP contribution is 2.39. The lowest BCUT2D eigenvalue weighted by Gasteiger charge is -2.09. The molecule has 0 fully saturated rings. The molecule has 25 heavy (non-hydrogen) atoms. The molecular weight excluding hydrogens is 362 g/mol. The smallest absolute Gasteiger partial charge is 0.341 e. The number of fused-ring (bicyclic) bond motifs is 1. The van der Waals surface area contributed by atoms with E-state index < -0.39 is 0 Å². The zero-order valence-corrected chi connectivity index (χ0v) is 15.3. The third kappa shape index (κ3) is 3.96. The molecule has 132 valence electrons. The average molecular weight is 380 g/mol. The van der Waals surface area contributed by atoms with Crippen molar-refractivity contribution in [3.8, 4) is 5.75 Å². The number of aryl methyl sites for hydroxylation is 1. The number of carbonyl (C=O) groups is 2. The highest BCUT2D eigenvalue weighted by molar-refractivity contribution is 7.17. The van der Waals surface area contributed by atoms with Crippen LogP contribution in [-0.2, 0) is 22.4 Å². The summed E-state index contributed by atoms with van der Waals surface area (Å²) in [4.78, 5) is 25.7. The van der Waals surface area contributed by atoms with Gasteiger partial charge in [-0.05, 0) is 43.9 Å². The van der Waals surface area contributed by atoms with E-state index in [1.54, 1.807) is 31.2 Å². The Balaban J connectivity index is 1.71. The van der Waals surface area contributed by atoms with Gasteiger partial charge in [0.2, 0.25) is 0 Å². The molecular formula is C18H18ClNO4S. The summed E-state index contributed by atoms with van der Waals surface area (Å²) in [5.74, 6) is -0.284. The second-order valence-electron chi connectivity index (χ2n) is 5.55. The zero-order chi connectivity index (χ0) is 17.8. The van der Waals surface area contributed by atoms with Crippen molar-refractivity contribution in [2.75, 3.05) is 18.5 Å².